The van der Waals surface area contributed by atoms with E-state index in [1.165, 1.54) is 6.42 Å². The third-order valence-electron chi connectivity index (χ3n) is 2.16. The van der Waals surface area contributed by atoms with Crippen LogP contribution >= 0.6 is 0 Å². The van der Waals surface area contributed by atoms with E-state index in [-0.39, 0.29) is 6.61 Å². The molecule has 0 atom stereocenters. The molecule has 0 unspecified atom stereocenters. The maximum atomic E-state index is 8.40. The Balaban J connectivity index is 0.000000344. The van der Waals surface area contributed by atoms with Crippen molar-refractivity contribution in [2.45, 2.75) is 48.0 Å². The van der Waals surface area contributed by atoms with Crippen LogP contribution in [-0.4, -0.2) is 18.3 Å². The molecule has 0 aliphatic rings. The second-order valence-corrected chi connectivity index (χ2v) is 7.18. The molecule has 0 aliphatic heterocycles. The smallest absolute Gasteiger partial charge is 0.119 e. The topological polar surface area (TPSA) is 29.5 Å². The zero-order valence-electron chi connectivity index (χ0n) is 13.4. The van der Waals surface area contributed by atoms with Crippen LogP contribution in [0, 0.1) is 10.8 Å². The van der Waals surface area contributed by atoms with Crippen molar-refractivity contribution in [1.29, 1.82) is 0 Å². The molecule has 0 aromatic heterocycles. The molecule has 0 saturated carbocycles. The Bertz CT molecular complexity index is 305. The lowest BCUT2D eigenvalue weighted by atomic mass is 9.78. The summed E-state index contributed by atoms with van der Waals surface area (Å²) in [5.41, 5.74) is 0.969. The van der Waals surface area contributed by atoms with E-state index in [4.69, 9.17) is 9.84 Å². The quantitative estimate of drug-likeness (QED) is 0.871. The van der Waals surface area contributed by atoms with Gasteiger partial charge in [-0.15, -0.1) is 0 Å². The normalized spacial score (nSPS) is 11.5. The van der Waals surface area contributed by atoms with Crippen LogP contribution in [-0.2, 0) is 0 Å². The Labute approximate surface area is 118 Å². The zero-order valence-corrected chi connectivity index (χ0v) is 13.4. The first-order valence-corrected chi connectivity index (χ1v) is 6.93. The predicted octanol–water partition coefficient (Wildman–Crippen LogP) is 4.53. The van der Waals surface area contributed by atoms with E-state index in [9.17, 15) is 0 Å². The van der Waals surface area contributed by atoms with Crippen molar-refractivity contribution >= 4 is 0 Å². The highest BCUT2D eigenvalue weighted by atomic mass is 16.5. The summed E-state index contributed by atoms with van der Waals surface area (Å²) in [5.74, 6) is 0.802. The van der Waals surface area contributed by atoms with Crippen molar-refractivity contribution < 1.29 is 9.84 Å². The maximum absolute atomic E-state index is 8.40. The Morgan fingerprint density at radius 1 is 0.895 bits per heavy atom. The summed E-state index contributed by atoms with van der Waals surface area (Å²) in [6, 6.07) is 9.43. The lowest BCUT2D eigenvalue weighted by Gasteiger charge is -2.28. The van der Waals surface area contributed by atoms with Gasteiger partial charge in [-0.2, -0.15) is 0 Å². The van der Waals surface area contributed by atoms with Gasteiger partial charge in [-0.1, -0.05) is 59.7 Å². The van der Waals surface area contributed by atoms with Crippen LogP contribution in [0.1, 0.15) is 48.0 Å². The van der Waals surface area contributed by atoms with Crippen molar-refractivity contribution in [3.8, 4) is 5.75 Å². The minimum absolute atomic E-state index is 0.0644. The van der Waals surface area contributed by atoms with Gasteiger partial charge in [0.25, 0.3) is 0 Å². The van der Waals surface area contributed by atoms with E-state index in [1.54, 1.807) is 0 Å². The molecule has 110 valence electrons. The van der Waals surface area contributed by atoms with Gasteiger partial charge in [0, 0.05) is 0 Å². The van der Waals surface area contributed by atoms with Gasteiger partial charge in [-0.05, 0) is 29.4 Å². The van der Waals surface area contributed by atoms with Crippen molar-refractivity contribution in [2.75, 3.05) is 13.2 Å². The van der Waals surface area contributed by atoms with Crippen molar-refractivity contribution in [3.05, 3.63) is 30.3 Å². The molecule has 0 amide bonds. The summed E-state index contributed by atoms with van der Waals surface area (Å²) < 4.78 is 5.11. The molecule has 0 saturated heterocycles. The van der Waals surface area contributed by atoms with Gasteiger partial charge in [-0.3, -0.25) is 0 Å². The molecule has 1 rings (SSSR count). The highest BCUT2D eigenvalue weighted by molar-refractivity contribution is 5.20. The zero-order chi connectivity index (χ0) is 14.9. The lowest BCUT2D eigenvalue weighted by Crippen LogP contribution is -2.16. The van der Waals surface area contributed by atoms with Crippen molar-refractivity contribution in [3.63, 3.8) is 0 Å². The SMILES string of the molecule is CC(C)(C)CC(C)(C)C.OCCOc1ccccc1. The average molecular weight is 266 g/mol. The van der Waals surface area contributed by atoms with Crippen LogP contribution in [0.25, 0.3) is 0 Å². The standard InChI is InChI=1S/C9H20.C8H10O2/c1-8(2,3)7-9(4,5)6;9-6-7-10-8-4-2-1-3-5-8/h7H2,1-6H3;1-5,9H,6-7H2. The Morgan fingerprint density at radius 3 is 1.68 bits per heavy atom. The molecule has 19 heavy (non-hydrogen) atoms. The summed E-state index contributed by atoms with van der Waals surface area (Å²) in [6.45, 7) is 14.2. The number of para-hydroxylation sites is 1. The van der Waals surface area contributed by atoms with E-state index in [2.05, 4.69) is 41.5 Å². The monoisotopic (exact) mass is 266 g/mol. The molecular formula is C17H30O2. The number of aliphatic hydroxyl groups excluding tert-OH is 1. The van der Waals surface area contributed by atoms with Gasteiger partial charge in [-0.25, -0.2) is 0 Å². The van der Waals surface area contributed by atoms with E-state index < -0.39 is 0 Å². The first-order valence-electron chi connectivity index (χ1n) is 6.93. The fourth-order valence-electron chi connectivity index (χ4n) is 2.27. The minimum Gasteiger partial charge on any atom is -0.491 e. The van der Waals surface area contributed by atoms with Gasteiger partial charge in [0.1, 0.15) is 12.4 Å². The second kappa shape index (κ2) is 8.21. The second-order valence-electron chi connectivity index (χ2n) is 7.18. The third kappa shape index (κ3) is 13.2. The van der Waals surface area contributed by atoms with Gasteiger partial charge in [0.05, 0.1) is 6.61 Å². The molecule has 1 aromatic rings. The molecule has 0 heterocycles. The Morgan fingerprint density at radius 2 is 1.37 bits per heavy atom. The fraction of sp³-hybridized carbons (Fsp3) is 0.647. The van der Waals surface area contributed by atoms with Crippen LogP contribution in [0.5, 0.6) is 5.75 Å². The van der Waals surface area contributed by atoms with E-state index in [0.29, 0.717) is 17.4 Å². The van der Waals surface area contributed by atoms with E-state index in [0.717, 1.165) is 5.75 Å². The number of hydrogen-bond acceptors (Lipinski definition) is 2. The predicted molar refractivity (Wildman–Crippen MR) is 82.5 cm³/mol. The molecular weight excluding hydrogens is 236 g/mol. The van der Waals surface area contributed by atoms with Crippen LogP contribution < -0.4 is 4.74 Å². The number of ether oxygens (including phenoxy) is 1. The van der Waals surface area contributed by atoms with Crippen molar-refractivity contribution in [1.82, 2.24) is 0 Å². The summed E-state index contributed by atoms with van der Waals surface area (Å²) >= 11 is 0. The number of aliphatic hydroxyl groups is 1. The van der Waals surface area contributed by atoms with E-state index >= 15 is 0 Å². The summed E-state index contributed by atoms with van der Waals surface area (Å²) in [4.78, 5) is 0. The first kappa shape index (κ1) is 18.0. The highest BCUT2D eigenvalue weighted by Gasteiger charge is 2.20. The highest BCUT2D eigenvalue weighted by Crippen LogP contribution is 2.31. The lowest BCUT2D eigenvalue weighted by molar-refractivity contribution is 0.201. The molecule has 2 nitrogen and oxygen atoms in total. The van der Waals surface area contributed by atoms with Gasteiger partial charge < -0.3 is 9.84 Å². The van der Waals surface area contributed by atoms with Gasteiger partial charge in [0.2, 0.25) is 0 Å². The average Bonchev–Trinajstić information content (AvgIpc) is 2.23. The maximum Gasteiger partial charge on any atom is 0.119 e. The van der Waals surface area contributed by atoms with Gasteiger partial charge in [0.15, 0.2) is 0 Å². The summed E-state index contributed by atoms with van der Waals surface area (Å²) in [6.07, 6.45) is 1.29. The van der Waals surface area contributed by atoms with Gasteiger partial charge >= 0.3 is 0 Å². The number of benzene rings is 1. The summed E-state index contributed by atoms with van der Waals surface area (Å²) in [7, 11) is 0. The Kier molecular flexibility index (Phi) is 7.77. The molecule has 0 aliphatic carbocycles. The first-order chi connectivity index (χ1) is 8.64. The van der Waals surface area contributed by atoms with Crippen LogP contribution in [0.15, 0.2) is 30.3 Å². The molecule has 1 aromatic carbocycles. The van der Waals surface area contributed by atoms with Crippen LogP contribution in [0.4, 0.5) is 0 Å². The molecule has 2 heteroatoms. The Hall–Kier alpha value is -1.02. The number of rotatable bonds is 3. The van der Waals surface area contributed by atoms with Crippen LogP contribution in [0.3, 0.4) is 0 Å². The molecule has 0 fully saturated rings. The van der Waals surface area contributed by atoms with Crippen LogP contribution in [0.2, 0.25) is 0 Å². The number of hydrogen-bond donors (Lipinski definition) is 1. The van der Waals surface area contributed by atoms with E-state index in [1.807, 2.05) is 30.3 Å². The third-order valence-corrected chi connectivity index (χ3v) is 2.16. The summed E-state index contributed by atoms with van der Waals surface area (Å²) in [5, 5.41) is 8.40. The molecule has 0 bridgehead atoms. The largest absolute Gasteiger partial charge is 0.491 e. The molecule has 0 radical (unpaired) electrons. The molecule has 0 spiro atoms. The fourth-order valence-corrected chi connectivity index (χ4v) is 2.27. The molecule has 1 N–H and O–H groups in total. The minimum atomic E-state index is 0.0644. The van der Waals surface area contributed by atoms with Crippen molar-refractivity contribution in [2.24, 2.45) is 10.8 Å².